The molecule has 4 N–H and O–H groups in total. The number of benzene rings is 3. The first kappa shape index (κ1) is 26.6. The van der Waals surface area contributed by atoms with Crippen molar-refractivity contribution in [3.8, 4) is 11.5 Å². The van der Waals surface area contributed by atoms with Gasteiger partial charge in [0, 0.05) is 36.0 Å². The first-order valence-electron chi connectivity index (χ1n) is 10.6. The van der Waals surface area contributed by atoms with Crippen LogP contribution in [0.3, 0.4) is 0 Å². The smallest absolute Gasteiger partial charge is 0.229 e. The van der Waals surface area contributed by atoms with E-state index in [0.717, 1.165) is 39.9 Å². The highest BCUT2D eigenvalue weighted by molar-refractivity contribution is 7.92. The Hall–Kier alpha value is -3.05. The van der Waals surface area contributed by atoms with Crippen LogP contribution in [0.2, 0.25) is 0 Å². The van der Waals surface area contributed by atoms with Crippen molar-refractivity contribution in [3.63, 3.8) is 0 Å². The molecule has 0 aliphatic carbocycles. The van der Waals surface area contributed by atoms with Gasteiger partial charge in [-0.15, -0.1) is 12.4 Å². The highest BCUT2D eigenvalue weighted by Gasteiger charge is 2.13. The van der Waals surface area contributed by atoms with Gasteiger partial charge in [0.05, 0.1) is 36.2 Å². The zero-order chi connectivity index (χ0) is 24.3. The van der Waals surface area contributed by atoms with Crippen molar-refractivity contribution in [1.29, 1.82) is 0 Å². The fraction of sp³-hybridized carbons (Fsp3) is 0.250. The summed E-state index contributed by atoms with van der Waals surface area (Å²) in [6, 6.07) is 15.6. The molecular weight excluding hydrogens is 497 g/mol. The van der Waals surface area contributed by atoms with Gasteiger partial charge in [0.2, 0.25) is 10.0 Å². The highest BCUT2D eigenvalue weighted by Crippen LogP contribution is 2.30. The monoisotopic (exact) mass is 523 g/mol. The molecule has 0 amide bonds. The fourth-order valence-electron chi connectivity index (χ4n) is 3.71. The average Bonchev–Trinajstić information content (AvgIpc) is 3.16. The number of halogens is 2. The summed E-state index contributed by atoms with van der Waals surface area (Å²) in [4.78, 5) is 3.37. The Morgan fingerprint density at radius 1 is 1.03 bits per heavy atom. The minimum absolute atomic E-state index is 0. The van der Waals surface area contributed by atoms with Crippen molar-refractivity contribution in [1.82, 2.24) is 10.3 Å². The summed E-state index contributed by atoms with van der Waals surface area (Å²) < 4.78 is 49.8. The molecule has 4 rings (SSSR count). The number of aromatic nitrogens is 1. The number of aromatic amines is 1. The lowest BCUT2D eigenvalue weighted by Crippen LogP contribution is -2.26. The summed E-state index contributed by atoms with van der Waals surface area (Å²) in [6.07, 6.45) is -0.00940. The maximum absolute atomic E-state index is 13.8. The molecule has 11 heteroatoms. The summed E-state index contributed by atoms with van der Waals surface area (Å²) in [6.45, 7) is 1.03. The Kier molecular flexibility index (Phi) is 8.44. The normalized spacial score (nSPS) is 12.3. The number of methoxy groups -OCH3 is 1. The number of hydrogen-bond acceptors (Lipinski definition) is 6. The van der Waals surface area contributed by atoms with Gasteiger partial charge in [0.1, 0.15) is 23.9 Å². The van der Waals surface area contributed by atoms with Crippen LogP contribution in [0.5, 0.6) is 11.5 Å². The van der Waals surface area contributed by atoms with Crippen LogP contribution in [0.4, 0.5) is 10.1 Å². The standard InChI is InChI=1S/C24H26FN3O5S.ClH/c1-32-16-4-6-18-19-7-5-17(13-22(19)27-21(18)12-16)33-10-9-26-14-24(29)15-3-8-20(25)23(11-15)28-34(2,30)31;/h3-8,11-13,24,26-29H,9-10,14H2,1-2H3;1H/t24-;/m0./s1. The second-order valence-corrected chi connectivity index (χ2v) is 9.67. The summed E-state index contributed by atoms with van der Waals surface area (Å²) >= 11 is 0. The minimum atomic E-state index is -3.63. The molecule has 8 nitrogen and oxygen atoms in total. The van der Waals surface area contributed by atoms with E-state index in [9.17, 15) is 17.9 Å². The molecule has 0 aliphatic rings. The van der Waals surface area contributed by atoms with Crippen LogP contribution in [0.15, 0.2) is 54.6 Å². The van der Waals surface area contributed by atoms with E-state index in [-0.39, 0.29) is 24.6 Å². The SMILES string of the molecule is COc1ccc2c(c1)[nH]c1cc(OCCNC[C@H](O)c3ccc(F)c(NS(C)(=O)=O)c3)ccc12.Cl. The zero-order valence-electron chi connectivity index (χ0n) is 19.2. The topological polar surface area (TPSA) is 113 Å². The molecule has 3 aromatic carbocycles. The van der Waals surface area contributed by atoms with E-state index in [4.69, 9.17) is 9.47 Å². The maximum atomic E-state index is 13.8. The highest BCUT2D eigenvalue weighted by atomic mass is 35.5. The summed E-state index contributed by atoms with van der Waals surface area (Å²) in [5.74, 6) is 0.782. The molecule has 1 heterocycles. The van der Waals surface area contributed by atoms with Crippen molar-refractivity contribution < 1.29 is 27.4 Å². The van der Waals surface area contributed by atoms with E-state index in [1.807, 2.05) is 36.4 Å². The number of aliphatic hydroxyl groups excluding tert-OH is 1. The maximum Gasteiger partial charge on any atom is 0.229 e. The number of anilines is 1. The number of sulfonamides is 1. The third kappa shape index (κ3) is 6.55. The van der Waals surface area contributed by atoms with Crippen LogP contribution >= 0.6 is 12.4 Å². The molecule has 0 aliphatic heterocycles. The predicted octanol–water partition coefficient (Wildman–Crippen LogP) is 3.96. The molecule has 0 saturated heterocycles. The molecule has 0 fully saturated rings. The van der Waals surface area contributed by atoms with Gasteiger partial charge < -0.3 is 24.9 Å². The number of fused-ring (bicyclic) bond motifs is 3. The van der Waals surface area contributed by atoms with Gasteiger partial charge in [0.25, 0.3) is 0 Å². The van der Waals surface area contributed by atoms with Crippen LogP contribution in [0.25, 0.3) is 21.8 Å². The molecule has 0 saturated carbocycles. The van der Waals surface area contributed by atoms with Crippen molar-refractivity contribution in [2.45, 2.75) is 6.10 Å². The third-order valence-electron chi connectivity index (χ3n) is 5.33. The molecule has 0 unspecified atom stereocenters. The summed E-state index contributed by atoms with van der Waals surface area (Å²) in [5.41, 5.74) is 2.13. The second-order valence-electron chi connectivity index (χ2n) is 7.93. The molecule has 0 bridgehead atoms. The van der Waals surface area contributed by atoms with Crippen LogP contribution in [-0.2, 0) is 10.0 Å². The Bertz CT molecular complexity index is 1430. The number of hydrogen-bond donors (Lipinski definition) is 4. The second kappa shape index (κ2) is 11.1. The Balaban J connectivity index is 0.00000342. The van der Waals surface area contributed by atoms with Gasteiger partial charge in [-0.25, -0.2) is 12.8 Å². The minimum Gasteiger partial charge on any atom is -0.497 e. The number of rotatable bonds is 10. The van der Waals surface area contributed by atoms with Crippen molar-refractivity contribution in [2.75, 3.05) is 37.8 Å². The number of H-pyrrole nitrogens is 1. The zero-order valence-corrected chi connectivity index (χ0v) is 20.8. The van der Waals surface area contributed by atoms with E-state index in [2.05, 4.69) is 15.0 Å². The van der Waals surface area contributed by atoms with E-state index in [1.54, 1.807) is 7.11 Å². The number of nitrogens with one attached hydrogen (secondary N) is 3. The lowest BCUT2D eigenvalue weighted by Gasteiger charge is -2.14. The molecular formula is C24H27ClFN3O5S. The summed E-state index contributed by atoms with van der Waals surface area (Å²) in [7, 11) is -1.99. The van der Waals surface area contributed by atoms with Crippen LogP contribution < -0.4 is 19.5 Å². The molecule has 1 atom stereocenters. The third-order valence-corrected chi connectivity index (χ3v) is 5.92. The van der Waals surface area contributed by atoms with Gasteiger partial charge in [0.15, 0.2) is 0 Å². The number of ether oxygens (including phenoxy) is 2. The number of aliphatic hydroxyl groups is 1. The van der Waals surface area contributed by atoms with Crippen LogP contribution in [0, 0.1) is 5.82 Å². The van der Waals surface area contributed by atoms with Crippen LogP contribution in [0.1, 0.15) is 11.7 Å². The Labute approximate surface area is 208 Å². The molecule has 0 radical (unpaired) electrons. The average molecular weight is 524 g/mol. The summed E-state index contributed by atoms with van der Waals surface area (Å²) in [5, 5.41) is 15.6. The molecule has 4 aromatic rings. The first-order valence-corrected chi connectivity index (χ1v) is 12.5. The van der Waals surface area contributed by atoms with E-state index in [0.29, 0.717) is 24.5 Å². The lowest BCUT2D eigenvalue weighted by atomic mass is 10.1. The lowest BCUT2D eigenvalue weighted by molar-refractivity contribution is 0.172. The van der Waals surface area contributed by atoms with E-state index >= 15 is 0 Å². The Morgan fingerprint density at radius 3 is 2.34 bits per heavy atom. The largest absolute Gasteiger partial charge is 0.497 e. The van der Waals surface area contributed by atoms with Gasteiger partial charge in [-0.2, -0.15) is 0 Å². The van der Waals surface area contributed by atoms with Crippen LogP contribution in [-0.4, -0.2) is 51.6 Å². The van der Waals surface area contributed by atoms with E-state index in [1.165, 1.54) is 12.1 Å². The van der Waals surface area contributed by atoms with Gasteiger partial charge in [-0.05, 0) is 42.0 Å². The van der Waals surface area contributed by atoms with Gasteiger partial charge >= 0.3 is 0 Å². The van der Waals surface area contributed by atoms with E-state index < -0.39 is 21.9 Å². The quantitative estimate of drug-likeness (QED) is 0.234. The first-order chi connectivity index (χ1) is 16.2. The van der Waals surface area contributed by atoms with Crippen molar-refractivity contribution >= 4 is 49.9 Å². The van der Waals surface area contributed by atoms with Gasteiger partial charge in [-0.3, -0.25) is 4.72 Å². The fourth-order valence-corrected chi connectivity index (χ4v) is 4.27. The molecule has 1 aromatic heterocycles. The van der Waals surface area contributed by atoms with Crippen molar-refractivity contribution in [2.24, 2.45) is 0 Å². The van der Waals surface area contributed by atoms with Gasteiger partial charge in [-0.1, -0.05) is 6.07 Å². The molecule has 188 valence electrons. The molecule has 0 spiro atoms. The predicted molar refractivity (Wildman–Crippen MR) is 138 cm³/mol. The molecule has 35 heavy (non-hydrogen) atoms. The van der Waals surface area contributed by atoms with Crippen molar-refractivity contribution in [3.05, 3.63) is 66.0 Å². The Morgan fingerprint density at radius 2 is 1.69 bits per heavy atom.